The molecular formula is C16H25ClN6O3S2. The van der Waals surface area contributed by atoms with E-state index in [4.69, 9.17) is 4.74 Å². The number of rotatable bonds is 9. The van der Waals surface area contributed by atoms with Crippen LogP contribution in [0.25, 0.3) is 0 Å². The number of halogens is 1. The number of ether oxygens (including phenoxy) is 1. The second-order valence-corrected chi connectivity index (χ2v) is 8.33. The predicted molar refractivity (Wildman–Crippen MR) is 110 cm³/mol. The molecule has 2 aliphatic heterocycles. The van der Waals surface area contributed by atoms with Crippen molar-refractivity contribution in [2.45, 2.75) is 30.8 Å². The van der Waals surface area contributed by atoms with E-state index in [-0.39, 0.29) is 23.7 Å². The standard InChI is InChI=1S/C16H24N6O3S2.ClH/c1-4-21(5-2)6-7-25-15(24)14-11(9-26-13-8-12(23)22(13)14)10-27-16-17-18-19-20(16)3;/h13H,4-10H2,1-3H3;1H. The van der Waals surface area contributed by atoms with E-state index in [1.165, 1.54) is 11.8 Å². The Hall–Kier alpha value is -1.30. The van der Waals surface area contributed by atoms with E-state index in [1.54, 1.807) is 28.4 Å². The third-order valence-corrected chi connectivity index (χ3v) is 6.99. The maximum absolute atomic E-state index is 12.8. The van der Waals surface area contributed by atoms with Crippen LogP contribution in [-0.2, 0) is 21.4 Å². The summed E-state index contributed by atoms with van der Waals surface area (Å²) in [6.07, 6.45) is 0.481. The number of esters is 1. The molecule has 156 valence electrons. The minimum atomic E-state index is -0.410. The van der Waals surface area contributed by atoms with Crippen LogP contribution >= 0.6 is 35.9 Å². The molecule has 0 aromatic carbocycles. The number of thioether (sulfide) groups is 2. The van der Waals surface area contributed by atoms with Crippen LogP contribution in [0.4, 0.5) is 0 Å². The van der Waals surface area contributed by atoms with Gasteiger partial charge >= 0.3 is 5.97 Å². The number of nitrogens with zero attached hydrogens (tertiary/aromatic N) is 6. The highest BCUT2D eigenvalue weighted by Gasteiger charge is 2.45. The quantitative estimate of drug-likeness (QED) is 0.313. The maximum Gasteiger partial charge on any atom is 0.355 e. The normalized spacial score (nSPS) is 18.6. The minimum absolute atomic E-state index is 0. The molecule has 0 radical (unpaired) electrons. The Labute approximate surface area is 179 Å². The van der Waals surface area contributed by atoms with Crippen LogP contribution in [-0.4, -0.2) is 85.0 Å². The second-order valence-electron chi connectivity index (χ2n) is 6.22. The number of β-lactam (4-membered cyclic amide) rings is 1. The Morgan fingerprint density at radius 2 is 2.14 bits per heavy atom. The van der Waals surface area contributed by atoms with E-state index >= 15 is 0 Å². The van der Waals surface area contributed by atoms with Crippen molar-refractivity contribution in [2.24, 2.45) is 7.05 Å². The van der Waals surface area contributed by atoms with Crippen LogP contribution in [0.1, 0.15) is 20.3 Å². The molecule has 1 amide bonds. The third-order valence-electron chi connectivity index (χ3n) is 4.62. The van der Waals surface area contributed by atoms with Crippen molar-refractivity contribution < 1.29 is 14.3 Å². The largest absolute Gasteiger partial charge is 0.460 e. The number of fused-ring (bicyclic) bond motifs is 1. The van der Waals surface area contributed by atoms with Crippen molar-refractivity contribution in [3.63, 3.8) is 0 Å². The van der Waals surface area contributed by atoms with Crippen LogP contribution in [0.5, 0.6) is 0 Å². The summed E-state index contributed by atoms with van der Waals surface area (Å²) >= 11 is 3.13. The average molecular weight is 449 g/mol. The van der Waals surface area contributed by atoms with Gasteiger partial charge in [-0.25, -0.2) is 9.48 Å². The molecule has 28 heavy (non-hydrogen) atoms. The number of hydrogen-bond acceptors (Lipinski definition) is 9. The first kappa shape index (κ1) is 23.0. The molecule has 0 aliphatic carbocycles. The molecule has 1 aromatic heterocycles. The Balaban J connectivity index is 0.00000280. The third kappa shape index (κ3) is 5.00. The van der Waals surface area contributed by atoms with Gasteiger partial charge in [0.05, 0.1) is 11.8 Å². The summed E-state index contributed by atoms with van der Waals surface area (Å²) in [5, 5.41) is 12.1. The van der Waals surface area contributed by atoms with Crippen molar-refractivity contribution in [3.8, 4) is 0 Å². The molecule has 0 N–H and O–H groups in total. The number of aromatic nitrogens is 4. The number of carbonyl (C=O) groups is 2. The highest BCUT2D eigenvalue weighted by molar-refractivity contribution is 8.00. The summed E-state index contributed by atoms with van der Waals surface area (Å²) in [4.78, 5) is 28.7. The van der Waals surface area contributed by atoms with E-state index in [9.17, 15) is 9.59 Å². The Morgan fingerprint density at radius 3 is 2.75 bits per heavy atom. The van der Waals surface area contributed by atoms with Crippen LogP contribution in [0.3, 0.4) is 0 Å². The topological polar surface area (TPSA) is 93.5 Å². The van der Waals surface area contributed by atoms with E-state index in [0.29, 0.717) is 41.9 Å². The highest BCUT2D eigenvalue weighted by Crippen LogP contribution is 2.41. The van der Waals surface area contributed by atoms with E-state index in [0.717, 1.165) is 18.7 Å². The van der Waals surface area contributed by atoms with E-state index in [2.05, 4.69) is 34.3 Å². The van der Waals surface area contributed by atoms with Crippen molar-refractivity contribution >= 4 is 47.8 Å². The smallest absolute Gasteiger partial charge is 0.355 e. The van der Waals surface area contributed by atoms with Gasteiger partial charge in [-0.15, -0.1) is 29.3 Å². The Bertz CT molecular complexity index is 740. The number of carbonyl (C=O) groups excluding carboxylic acids is 2. The van der Waals surface area contributed by atoms with Crippen molar-refractivity contribution in [2.75, 3.05) is 37.7 Å². The first-order valence-electron chi connectivity index (χ1n) is 8.95. The summed E-state index contributed by atoms with van der Waals surface area (Å²) in [6, 6.07) is 0. The van der Waals surface area contributed by atoms with Crippen LogP contribution in [0, 0.1) is 0 Å². The van der Waals surface area contributed by atoms with E-state index in [1.807, 2.05) is 0 Å². The van der Waals surface area contributed by atoms with Gasteiger partial charge in [0, 0.05) is 25.1 Å². The molecule has 3 rings (SSSR count). The number of tetrazole rings is 1. The predicted octanol–water partition coefficient (Wildman–Crippen LogP) is 1.17. The fraction of sp³-hybridized carbons (Fsp3) is 0.688. The van der Waals surface area contributed by atoms with Gasteiger partial charge in [-0.1, -0.05) is 25.6 Å². The average Bonchev–Trinajstić information content (AvgIpc) is 3.07. The molecule has 1 atom stereocenters. The lowest BCUT2D eigenvalue weighted by molar-refractivity contribution is -0.149. The monoisotopic (exact) mass is 448 g/mol. The van der Waals surface area contributed by atoms with E-state index < -0.39 is 5.97 Å². The first-order chi connectivity index (χ1) is 13.0. The molecule has 0 bridgehead atoms. The van der Waals surface area contributed by atoms with Gasteiger partial charge in [-0.05, 0) is 29.1 Å². The SMILES string of the molecule is CCN(CC)CCOC(=O)C1=C(CSc2nnnn2C)CSC2CC(=O)N12.Cl. The lowest BCUT2D eigenvalue weighted by Crippen LogP contribution is -2.54. The summed E-state index contributed by atoms with van der Waals surface area (Å²) in [7, 11) is 1.77. The lowest BCUT2D eigenvalue weighted by atomic mass is 10.1. The molecule has 1 unspecified atom stereocenters. The van der Waals surface area contributed by atoms with Gasteiger partial charge in [0.2, 0.25) is 11.1 Å². The molecule has 1 aromatic rings. The zero-order valence-electron chi connectivity index (χ0n) is 16.2. The van der Waals surface area contributed by atoms with Crippen LogP contribution < -0.4 is 0 Å². The Morgan fingerprint density at radius 1 is 1.39 bits per heavy atom. The number of likely N-dealkylation sites (N-methyl/N-ethyl adjacent to an activating group) is 1. The molecule has 0 spiro atoms. The van der Waals surface area contributed by atoms with Crippen molar-refractivity contribution in [1.82, 2.24) is 30.0 Å². The molecule has 1 saturated heterocycles. The lowest BCUT2D eigenvalue weighted by Gasteiger charge is -2.44. The van der Waals surface area contributed by atoms with Crippen LogP contribution in [0.15, 0.2) is 16.4 Å². The van der Waals surface area contributed by atoms with Gasteiger partial charge in [0.1, 0.15) is 12.3 Å². The van der Waals surface area contributed by atoms with Gasteiger partial charge in [-0.2, -0.15) is 0 Å². The second kappa shape index (κ2) is 10.5. The molecule has 1 fully saturated rings. The summed E-state index contributed by atoms with van der Waals surface area (Å²) in [5.41, 5.74) is 1.31. The molecule has 3 heterocycles. The molecule has 12 heteroatoms. The molecule has 2 aliphatic rings. The zero-order chi connectivity index (χ0) is 19.4. The number of amides is 1. The van der Waals surface area contributed by atoms with Gasteiger partial charge in [0.25, 0.3) is 0 Å². The number of hydrogen-bond donors (Lipinski definition) is 0. The Kier molecular flexibility index (Phi) is 8.59. The molecular weight excluding hydrogens is 424 g/mol. The van der Waals surface area contributed by atoms with Gasteiger partial charge < -0.3 is 9.64 Å². The maximum atomic E-state index is 12.8. The summed E-state index contributed by atoms with van der Waals surface area (Å²) in [5.74, 6) is 0.809. The number of aryl methyl sites for hydroxylation is 1. The van der Waals surface area contributed by atoms with Crippen LogP contribution in [0.2, 0.25) is 0 Å². The summed E-state index contributed by atoms with van der Waals surface area (Å²) in [6.45, 7) is 6.98. The molecule has 0 saturated carbocycles. The fourth-order valence-electron chi connectivity index (χ4n) is 2.95. The van der Waals surface area contributed by atoms with Crippen molar-refractivity contribution in [1.29, 1.82) is 0 Å². The zero-order valence-corrected chi connectivity index (χ0v) is 18.6. The first-order valence-corrected chi connectivity index (χ1v) is 11.0. The highest BCUT2D eigenvalue weighted by atomic mass is 35.5. The van der Waals surface area contributed by atoms with Gasteiger partial charge in [-0.3, -0.25) is 9.69 Å². The fourth-order valence-corrected chi connectivity index (χ4v) is 5.20. The van der Waals surface area contributed by atoms with Gasteiger partial charge in [0.15, 0.2) is 0 Å². The molecule has 9 nitrogen and oxygen atoms in total. The van der Waals surface area contributed by atoms with Crippen molar-refractivity contribution in [3.05, 3.63) is 11.3 Å². The summed E-state index contributed by atoms with van der Waals surface area (Å²) < 4.78 is 7.10. The minimum Gasteiger partial charge on any atom is -0.460 e.